The number of aliphatic hydroxyl groups excluding tert-OH is 1. The maximum absolute atomic E-state index is 10.2. The molecule has 11 atom stereocenters. The summed E-state index contributed by atoms with van der Waals surface area (Å²) in [5.41, 5.74) is 0.613. The van der Waals surface area contributed by atoms with E-state index < -0.39 is 0 Å². The van der Waals surface area contributed by atoms with Gasteiger partial charge >= 0.3 is 0 Å². The molecule has 1 N–H and O–H groups in total. The van der Waals surface area contributed by atoms with E-state index in [-0.39, 0.29) is 6.10 Å². The third kappa shape index (κ3) is 3.96. The zero-order valence-electron chi connectivity index (χ0n) is 20.4. The van der Waals surface area contributed by atoms with Crippen molar-refractivity contribution in [2.45, 2.75) is 112 Å². The highest BCUT2D eigenvalue weighted by Crippen LogP contribution is 2.65. The number of aliphatic hydroxyl groups is 1. The van der Waals surface area contributed by atoms with Crippen molar-refractivity contribution in [3.8, 4) is 0 Å². The van der Waals surface area contributed by atoms with E-state index in [0.29, 0.717) is 5.41 Å². The minimum Gasteiger partial charge on any atom is -0.393 e. The van der Waals surface area contributed by atoms with Crippen LogP contribution in [0.3, 0.4) is 0 Å². The van der Waals surface area contributed by atoms with Gasteiger partial charge in [-0.05, 0) is 129 Å². The van der Waals surface area contributed by atoms with E-state index in [0.717, 1.165) is 72.0 Å². The Labute approximate surface area is 181 Å². The van der Waals surface area contributed by atoms with E-state index in [2.05, 4.69) is 41.5 Å². The van der Waals surface area contributed by atoms with Crippen molar-refractivity contribution >= 4 is 0 Å². The molecule has 0 aliphatic heterocycles. The first-order valence-corrected chi connectivity index (χ1v) is 13.4. The summed E-state index contributed by atoms with van der Waals surface area (Å²) in [5, 5.41) is 10.2. The zero-order chi connectivity index (χ0) is 20.9. The molecule has 0 radical (unpaired) electrons. The van der Waals surface area contributed by atoms with Gasteiger partial charge in [0.2, 0.25) is 0 Å². The molecule has 1 heteroatoms. The first-order valence-electron chi connectivity index (χ1n) is 13.4. The molecule has 4 rings (SSSR count). The van der Waals surface area contributed by atoms with Crippen LogP contribution in [0.25, 0.3) is 0 Å². The molecule has 0 amide bonds. The van der Waals surface area contributed by atoms with Gasteiger partial charge in [0.25, 0.3) is 0 Å². The fourth-order valence-corrected chi connectivity index (χ4v) is 9.43. The molecule has 29 heavy (non-hydrogen) atoms. The Bertz CT molecular complexity index is 555. The Morgan fingerprint density at radius 1 is 0.828 bits per heavy atom. The molecule has 4 aliphatic carbocycles. The third-order valence-electron chi connectivity index (χ3n) is 11.4. The van der Waals surface area contributed by atoms with E-state index in [1.54, 1.807) is 0 Å². The summed E-state index contributed by atoms with van der Waals surface area (Å²) >= 11 is 0. The van der Waals surface area contributed by atoms with Crippen LogP contribution in [0.4, 0.5) is 0 Å². The van der Waals surface area contributed by atoms with Crippen LogP contribution in [0.1, 0.15) is 106 Å². The molecule has 1 nitrogen and oxygen atoms in total. The van der Waals surface area contributed by atoms with Gasteiger partial charge in [-0.25, -0.2) is 0 Å². The standard InChI is InChI=1S/C28H50O/c1-17(2)20(5)18(3)15-19(4)26-11-12-27-25-9-7-21-16-22(29)8-10-23(21)24(25)13-14-28(26,27)6/h17-27,29H,7-16H2,1-6H3/t18-,19-,20-,21+,22+,23+,24-,25-,26-,27+,28-/m1/s1. The second kappa shape index (κ2) is 8.48. The van der Waals surface area contributed by atoms with Crippen molar-refractivity contribution in [2.75, 3.05) is 0 Å². The third-order valence-corrected chi connectivity index (χ3v) is 11.4. The largest absolute Gasteiger partial charge is 0.393 e. The molecule has 0 aromatic heterocycles. The van der Waals surface area contributed by atoms with Crippen LogP contribution in [0, 0.1) is 64.6 Å². The quantitative estimate of drug-likeness (QED) is 0.502. The summed E-state index contributed by atoms with van der Waals surface area (Å²) in [7, 11) is 0. The molecule has 0 heterocycles. The molecule has 4 fully saturated rings. The molecule has 0 aromatic rings. The molecule has 0 aromatic carbocycles. The van der Waals surface area contributed by atoms with Crippen molar-refractivity contribution in [2.24, 2.45) is 64.6 Å². The van der Waals surface area contributed by atoms with Gasteiger partial charge < -0.3 is 5.11 Å². The topological polar surface area (TPSA) is 20.2 Å². The van der Waals surface area contributed by atoms with Gasteiger partial charge in [0.05, 0.1) is 6.10 Å². The molecular weight excluding hydrogens is 352 g/mol. The number of rotatable bonds is 5. The molecule has 168 valence electrons. The van der Waals surface area contributed by atoms with E-state index in [4.69, 9.17) is 0 Å². The van der Waals surface area contributed by atoms with E-state index in [1.165, 1.54) is 51.4 Å². The van der Waals surface area contributed by atoms with Crippen LogP contribution in [0.15, 0.2) is 0 Å². The first-order chi connectivity index (χ1) is 13.7. The monoisotopic (exact) mass is 402 g/mol. The van der Waals surface area contributed by atoms with Crippen LogP contribution in [-0.4, -0.2) is 11.2 Å². The molecule has 4 aliphatic rings. The number of hydrogen-bond acceptors (Lipinski definition) is 1. The van der Waals surface area contributed by atoms with Crippen molar-refractivity contribution in [3.63, 3.8) is 0 Å². The lowest BCUT2D eigenvalue weighted by atomic mass is 9.49. The zero-order valence-corrected chi connectivity index (χ0v) is 20.4. The van der Waals surface area contributed by atoms with E-state index >= 15 is 0 Å². The highest BCUT2D eigenvalue weighted by atomic mass is 16.3. The molecular formula is C28H50O. The fraction of sp³-hybridized carbons (Fsp3) is 1.00. The predicted molar refractivity (Wildman–Crippen MR) is 124 cm³/mol. The van der Waals surface area contributed by atoms with Gasteiger partial charge in [-0.1, -0.05) is 41.5 Å². The SMILES string of the molecule is CC(C)[C@@H](C)[C@H](C)C[C@@H](C)[C@H]1CC[C@H]2[C@@H]3CC[C@H]4C[C@@H](O)CC[C@@H]4[C@H]3CC[C@]12C. The van der Waals surface area contributed by atoms with E-state index in [9.17, 15) is 5.11 Å². The molecule has 0 spiro atoms. The van der Waals surface area contributed by atoms with Gasteiger partial charge in [-0.15, -0.1) is 0 Å². The average molecular weight is 403 g/mol. The normalized spacial score (nSPS) is 47.8. The Morgan fingerprint density at radius 2 is 1.55 bits per heavy atom. The van der Waals surface area contributed by atoms with Crippen molar-refractivity contribution < 1.29 is 5.11 Å². The van der Waals surface area contributed by atoms with Crippen molar-refractivity contribution in [1.29, 1.82) is 0 Å². The Hall–Kier alpha value is -0.0400. The first kappa shape index (κ1) is 22.2. The lowest BCUT2D eigenvalue weighted by Crippen LogP contribution is -2.49. The number of fused-ring (bicyclic) bond motifs is 5. The predicted octanol–water partition coefficient (Wildman–Crippen LogP) is 7.57. The van der Waals surface area contributed by atoms with Crippen molar-refractivity contribution in [1.82, 2.24) is 0 Å². The van der Waals surface area contributed by atoms with Crippen LogP contribution < -0.4 is 0 Å². The lowest BCUT2D eigenvalue weighted by molar-refractivity contribution is -0.0828. The molecule has 0 saturated heterocycles. The Kier molecular flexibility index (Phi) is 6.48. The Balaban J connectivity index is 1.44. The minimum atomic E-state index is 0.00795. The summed E-state index contributed by atoms with van der Waals surface area (Å²) in [5.74, 6) is 9.15. The van der Waals surface area contributed by atoms with Gasteiger partial charge in [0, 0.05) is 0 Å². The highest BCUT2D eigenvalue weighted by Gasteiger charge is 2.57. The summed E-state index contributed by atoms with van der Waals surface area (Å²) < 4.78 is 0. The van der Waals surface area contributed by atoms with Gasteiger partial charge in [-0.3, -0.25) is 0 Å². The Morgan fingerprint density at radius 3 is 2.28 bits per heavy atom. The highest BCUT2D eigenvalue weighted by molar-refractivity contribution is 5.06. The summed E-state index contributed by atoms with van der Waals surface area (Å²) in [4.78, 5) is 0. The van der Waals surface area contributed by atoms with Crippen LogP contribution in [0.5, 0.6) is 0 Å². The van der Waals surface area contributed by atoms with Crippen LogP contribution in [-0.2, 0) is 0 Å². The van der Waals surface area contributed by atoms with E-state index in [1.807, 2.05) is 0 Å². The maximum atomic E-state index is 10.2. The van der Waals surface area contributed by atoms with Crippen LogP contribution >= 0.6 is 0 Å². The van der Waals surface area contributed by atoms with Gasteiger partial charge in [0.15, 0.2) is 0 Å². The second-order valence-corrected chi connectivity index (χ2v) is 12.9. The summed E-state index contributed by atoms with van der Waals surface area (Å²) in [6, 6.07) is 0. The minimum absolute atomic E-state index is 0.00795. The van der Waals surface area contributed by atoms with Crippen LogP contribution in [0.2, 0.25) is 0 Å². The number of hydrogen-bond donors (Lipinski definition) is 1. The average Bonchev–Trinajstić information content (AvgIpc) is 3.04. The molecule has 0 unspecified atom stereocenters. The summed E-state index contributed by atoms with van der Waals surface area (Å²) in [6.45, 7) is 15.1. The maximum Gasteiger partial charge on any atom is 0.0543 e. The second-order valence-electron chi connectivity index (χ2n) is 12.9. The lowest BCUT2D eigenvalue weighted by Gasteiger charge is -2.56. The molecule has 4 saturated carbocycles. The summed E-state index contributed by atoms with van der Waals surface area (Å²) in [6.07, 6.45) is 13.8. The van der Waals surface area contributed by atoms with Crippen molar-refractivity contribution in [3.05, 3.63) is 0 Å². The van der Waals surface area contributed by atoms with Gasteiger partial charge in [-0.2, -0.15) is 0 Å². The smallest absolute Gasteiger partial charge is 0.0543 e. The van der Waals surface area contributed by atoms with Gasteiger partial charge in [0.1, 0.15) is 0 Å². The molecule has 0 bridgehead atoms. The fourth-order valence-electron chi connectivity index (χ4n) is 9.43.